The molecule has 3 nitrogen and oxygen atoms in total. The Balaban J connectivity index is 1.86. The predicted octanol–water partition coefficient (Wildman–Crippen LogP) is 3.70. The number of hydrogen-bond donors (Lipinski definition) is 1. The molecule has 0 saturated carbocycles. The maximum absolute atomic E-state index is 10.6. The normalized spacial score (nSPS) is 14.5. The SMILES string of the molecule is CC(C)Cc1cccc(C(O)c2ccc3c(c2)OCO3)c1. The minimum atomic E-state index is -0.647. The van der Waals surface area contributed by atoms with Crippen molar-refractivity contribution >= 4 is 0 Å². The van der Waals surface area contributed by atoms with Crippen molar-refractivity contribution in [1.82, 2.24) is 0 Å². The average molecular weight is 284 g/mol. The van der Waals surface area contributed by atoms with Crippen LogP contribution in [-0.4, -0.2) is 11.9 Å². The molecule has 0 bridgehead atoms. The lowest BCUT2D eigenvalue weighted by Gasteiger charge is -2.14. The van der Waals surface area contributed by atoms with E-state index in [4.69, 9.17) is 9.47 Å². The maximum Gasteiger partial charge on any atom is 0.231 e. The highest BCUT2D eigenvalue weighted by atomic mass is 16.7. The van der Waals surface area contributed by atoms with Gasteiger partial charge in [-0.1, -0.05) is 44.2 Å². The minimum absolute atomic E-state index is 0.249. The van der Waals surface area contributed by atoms with E-state index in [0.717, 1.165) is 23.3 Å². The summed E-state index contributed by atoms with van der Waals surface area (Å²) in [6.07, 6.45) is 0.369. The zero-order valence-corrected chi connectivity index (χ0v) is 12.4. The van der Waals surface area contributed by atoms with E-state index in [1.54, 1.807) is 0 Å². The fourth-order valence-corrected chi connectivity index (χ4v) is 2.64. The molecular formula is C18H20O3. The van der Waals surface area contributed by atoms with Gasteiger partial charge in [0.15, 0.2) is 11.5 Å². The molecule has 0 aromatic heterocycles. The van der Waals surface area contributed by atoms with E-state index >= 15 is 0 Å². The molecule has 1 atom stereocenters. The molecule has 0 radical (unpaired) electrons. The predicted molar refractivity (Wildman–Crippen MR) is 81.6 cm³/mol. The highest BCUT2D eigenvalue weighted by Crippen LogP contribution is 2.35. The van der Waals surface area contributed by atoms with Crippen LogP contribution in [0, 0.1) is 5.92 Å². The first kappa shape index (κ1) is 14.0. The molecule has 1 aliphatic rings. The Kier molecular flexibility index (Phi) is 3.84. The molecule has 1 N–H and O–H groups in total. The van der Waals surface area contributed by atoms with Crippen LogP contribution in [0.2, 0.25) is 0 Å². The molecule has 1 unspecified atom stereocenters. The van der Waals surface area contributed by atoms with Crippen molar-refractivity contribution in [2.75, 3.05) is 6.79 Å². The highest BCUT2D eigenvalue weighted by molar-refractivity contribution is 5.46. The number of aliphatic hydroxyl groups is 1. The third-order valence-electron chi connectivity index (χ3n) is 3.62. The number of hydrogen-bond acceptors (Lipinski definition) is 3. The van der Waals surface area contributed by atoms with Crippen LogP contribution in [0.5, 0.6) is 11.5 Å². The third-order valence-corrected chi connectivity index (χ3v) is 3.62. The molecular weight excluding hydrogens is 264 g/mol. The van der Waals surface area contributed by atoms with Gasteiger partial charge in [-0.25, -0.2) is 0 Å². The summed E-state index contributed by atoms with van der Waals surface area (Å²) in [5.74, 6) is 2.03. The molecule has 0 fully saturated rings. The Morgan fingerprint density at radius 1 is 1.00 bits per heavy atom. The monoisotopic (exact) mass is 284 g/mol. The number of aliphatic hydroxyl groups excluding tert-OH is 1. The van der Waals surface area contributed by atoms with E-state index < -0.39 is 6.10 Å². The van der Waals surface area contributed by atoms with Gasteiger partial charge in [0.2, 0.25) is 6.79 Å². The van der Waals surface area contributed by atoms with Crippen LogP contribution in [0.1, 0.15) is 36.6 Å². The first-order chi connectivity index (χ1) is 10.1. The smallest absolute Gasteiger partial charge is 0.231 e. The van der Waals surface area contributed by atoms with Crippen molar-refractivity contribution in [3.63, 3.8) is 0 Å². The van der Waals surface area contributed by atoms with Crippen molar-refractivity contribution in [3.8, 4) is 11.5 Å². The van der Waals surface area contributed by atoms with Gasteiger partial charge in [-0.3, -0.25) is 0 Å². The summed E-state index contributed by atoms with van der Waals surface area (Å²) in [6.45, 7) is 4.64. The summed E-state index contributed by atoms with van der Waals surface area (Å²) in [5, 5.41) is 10.6. The molecule has 1 aliphatic heterocycles. The standard InChI is InChI=1S/C18H20O3/c1-12(2)8-13-4-3-5-14(9-13)18(19)15-6-7-16-17(10-15)21-11-20-16/h3-7,9-10,12,18-19H,8,11H2,1-2H3. The molecule has 3 rings (SSSR count). The van der Waals surface area contributed by atoms with E-state index in [2.05, 4.69) is 26.0 Å². The molecule has 0 spiro atoms. The Bertz CT molecular complexity index is 634. The number of benzene rings is 2. The second kappa shape index (κ2) is 5.78. The fourth-order valence-electron chi connectivity index (χ4n) is 2.64. The van der Waals surface area contributed by atoms with Gasteiger partial charge in [0, 0.05) is 0 Å². The lowest BCUT2D eigenvalue weighted by molar-refractivity contribution is 0.173. The topological polar surface area (TPSA) is 38.7 Å². The van der Waals surface area contributed by atoms with E-state index in [0.29, 0.717) is 11.7 Å². The molecule has 0 amide bonds. The minimum Gasteiger partial charge on any atom is -0.454 e. The molecule has 21 heavy (non-hydrogen) atoms. The van der Waals surface area contributed by atoms with Crippen molar-refractivity contribution in [2.24, 2.45) is 5.92 Å². The van der Waals surface area contributed by atoms with Gasteiger partial charge in [0.05, 0.1) is 0 Å². The summed E-state index contributed by atoms with van der Waals surface area (Å²) in [7, 11) is 0. The van der Waals surface area contributed by atoms with Crippen LogP contribution in [0.3, 0.4) is 0 Å². The molecule has 2 aromatic carbocycles. The number of fused-ring (bicyclic) bond motifs is 1. The average Bonchev–Trinajstić information content (AvgIpc) is 2.93. The number of ether oxygens (including phenoxy) is 2. The summed E-state index contributed by atoms with van der Waals surface area (Å²) in [5.41, 5.74) is 2.98. The van der Waals surface area contributed by atoms with E-state index in [9.17, 15) is 5.11 Å². The summed E-state index contributed by atoms with van der Waals surface area (Å²) < 4.78 is 10.7. The first-order valence-corrected chi connectivity index (χ1v) is 7.30. The molecule has 1 heterocycles. The van der Waals surface area contributed by atoms with Gasteiger partial charge in [0.1, 0.15) is 6.10 Å². The zero-order chi connectivity index (χ0) is 14.8. The van der Waals surface area contributed by atoms with Crippen LogP contribution < -0.4 is 9.47 Å². The molecule has 3 heteroatoms. The van der Waals surface area contributed by atoms with E-state index in [1.807, 2.05) is 30.3 Å². The third kappa shape index (κ3) is 3.03. The second-order valence-corrected chi connectivity index (χ2v) is 5.86. The Morgan fingerprint density at radius 2 is 1.76 bits per heavy atom. The van der Waals surface area contributed by atoms with Gasteiger partial charge < -0.3 is 14.6 Å². The van der Waals surface area contributed by atoms with Crippen LogP contribution in [0.15, 0.2) is 42.5 Å². The fraction of sp³-hybridized carbons (Fsp3) is 0.333. The quantitative estimate of drug-likeness (QED) is 0.930. The Hall–Kier alpha value is -2.00. The van der Waals surface area contributed by atoms with Crippen molar-refractivity contribution in [3.05, 3.63) is 59.2 Å². The second-order valence-electron chi connectivity index (χ2n) is 5.86. The van der Waals surface area contributed by atoms with Crippen molar-refractivity contribution < 1.29 is 14.6 Å². The largest absolute Gasteiger partial charge is 0.454 e. The summed E-state index contributed by atoms with van der Waals surface area (Å²) in [4.78, 5) is 0. The number of rotatable bonds is 4. The van der Waals surface area contributed by atoms with Crippen molar-refractivity contribution in [2.45, 2.75) is 26.4 Å². The molecule has 110 valence electrons. The molecule has 2 aromatic rings. The molecule has 0 aliphatic carbocycles. The highest BCUT2D eigenvalue weighted by Gasteiger charge is 2.17. The van der Waals surface area contributed by atoms with Gasteiger partial charge in [-0.15, -0.1) is 0 Å². The van der Waals surface area contributed by atoms with Crippen LogP contribution in [-0.2, 0) is 6.42 Å². The summed E-state index contributed by atoms with van der Waals surface area (Å²) in [6, 6.07) is 13.7. The Labute approximate surface area is 125 Å². The molecule has 0 saturated heterocycles. The van der Waals surface area contributed by atoms with Gasteiger partial charge >= 0.3 is 0 Å². The summed E-state index contributed by atoms with van der Waals surface area (Å²) >= 11 is 0. The lowest BCUT2D eigenvalue weighted by Crippen LogP contribution is -2.02. The first-order valence-electron chi connectivity index (χ1n) is 7.30. The van der Waals surface area contributed by atoms with E-state index in [-0.39, 0.29) is 6.79 Å². The van der Waals surface area contributed by atoms with Crippen molar-refractivity contribution in [1.29, 1.82) is 0 Å². The van der Waals surface area contributed by atoms with Gasteiger partial charge in [-0.05, 0) is 41.2 Å². The zero-order valence-electron chi connectivity index (χ0n) is 12.4. The van der Waals surface area contributed by atoms with Gasteiger partial charge in [0.25, 0.3) is 0 Å². The maximum atomic E-state index is 10.6. The Morgan fingerprint density at radius 3 is 2.57 bits per heavy atom. The van der Waals surface area contributed by atoms with Gasteiger partial charge in [-0.2, -0.15) is 0 Å². The van der Waals surface area contributed by atoms with Crippen LogP contribution in [0.4, 0.5) is 0 Å². The lowest BCUT2D eigenvalue weighted by atomic mass is 9.96. The van der Waals surface area contributed by atoms with Crippen LogP contribution in [0.25, 0.3) is 0 Å². The van der Waals surface area contributed by atoms with Crippen LogP contribution >= 0.6 is 0 Å². The van der Waals surface area contributed by atoms with E-state index in [1.165, 1.54) is 5.56 Å².